The summed E-state index contributed by atoms with van der Waals surface area (Å²) in [6, 6.07) is 12.2. The van der Waals surface area contributed by atoms with Crippen molar-refractivity contribution in [3.05, 3.63) is 59.1 Å². The maximum absolute atomic E-state index is 12.4. The Kier molecular flexibility index (Phi) is 5.20. The number of amides is 1. The Labute approximate surface area is 147 Å². The SMILES string of the molecule is CC(C)(C)NC(=O)c1ccc(S(=O)(=O)Nc2cccc(Cl)c2)cc1. The first-order valence-corrected chi connectivity index (χ1v) is 9.14. The fourth-order valence-electron chi connectivity index (χ4n) is 1.96. The molecule has 0 aromatic heterocycles. The van der Waals surface area contributed by atoms with Gasteiger partial charge in [0.25, 0.3) is 15.9 Å². The van der Waals surface area contributed by atoms with Gasteiger partial charge in [-0.2, -0.15) is 0 Å². The molecule has 0 unspecified atom stereocenters. The number of sulfonamides is 1. The van der Waals surface area contributed by atoms with Gasteiger partial charge in [-0.1, -0.05) is 17.7 Å². The predicted molar refractivity (Wildman–Crippen MR) is 95.9 cm³/mol. The molecule has 5 nitrogen and oxygen atoms in total. The molecule has 0 saturated heterocycles. The maximum atomic E-state index is 12.4. The lowest BCUT2D eigenvalue weighted by atomic mass is 10.1. The van der Waals surface area contributed by atoms with Crippen molar-refractivity contribution >= 4 is 33.2 Å². The highest BCUT2D eigenvalue weighted by atomic mass is 35.5. The maximum Gasteiger partial charge on any atom is 0.261 e. The van der Waals surface area contributed by atoms with E-state index in [1.807, 2.05) is 20.8 Å². The summed E-state index contributed by atoms with van der Waals surface area (Å²) in [5.74, 6) is -0.255. The Bertz CT molecular complexity index is 841. The number of anilines is 1. The monoisotopic (exact) mass is 366 g/mol. The van der Waals surface area contributed by atoms with Crippen LogP contribution in [0.25, 0.3) is 0 Å². The predicted octanol–water partition coefficient (Wildman–Crippen LogP) is 3.67. The molecule has 128 valence electrons. The summed E-state index contributed by atoms with van der Waals surface area (Å²) in [5.41, 5.74) is 0.402. The summed E-state index contributed by atoms with van der Waals surface area (Å²) in [5, 5.41) is 3.26. The number of benzene rings is 2. The molecule has 0 bridgehead atoms. The summed E-state index contributed by atoms with van der Waals surface area (Å²) in [6.07, 6.45) is 0. The third-order valence-electron chi connectivity index (χ3n) is 2.99. The first-order chi connectivity index (χ1) is 11.1. The van der Waals surface area contributed by atoms with Crippen LogP contribution in [0.3, 0.4) is 0 Å². The topological polar surface area (TPSA) is 75.3 Å². The van der Waals surface area contributed by atoms with Crippen LogP contribution in [-0.4, -0.2) is 19.9 Å². The number of halogens is 1. The molecule has 0 fully saturated rings. The zero-order valence-corrected chi connectivity index (χ0v) is 15.2. The zero-order valence-electron chi connectivity index (χ0n) is 13.6. The molecule has 2 aromatic rings. The Morgan fingerprint density at radius 3 is 2.21 bits per heavy atom. The van der Waals surface area contributed by atoms with E-state index in [2.05, 4.69) is 10.0 Å². The van der Waals surface area contributed by atoms with Crippen LogP contribution in [0.4, 0.5) is 5.69 Å². The lowest BCUT2D eigenvalue weighted by molar-refractivity contribution is 0.0919. The number of hydrogen-bond acceptors (Lipinski definition) is 3. The molecule has 1 amide bonds. The molecule has 2 N–H and O–H groups in total. The highest BCUT2D eigenvalue weighted by Crippen LogP contribution is 2.20. The number of carbonyl (C=O) groups excluding carboxylic acids is 1. The van der Waals surface area contributed by atoms with E-state index in [-0.39, 0.29) is 16.3 Å². The first-order valence-electron chi connectivity index (χ1n) is 7.28. The van der Waals surface area contributed by atoms with Gasteiger partial charge in [-0.25, -0.2) is 8.42 Å². The van der Waals surface area contributed by atoms with Crippen LogP contribution in [0.15, 0.2) is 53.4 Å². The van der Waals surface area contributed by atoms with Gasteiger partial charge in [-0.3, -0.25) is 9.52 Å². The van der Waals surface area contributed by atoms with Crippen LogP contribution in [0.5, 0.6) is 0 Å². The van der Waals surface area contributed by atoms with Crippen LogP contribution < -0.4 is 10.0 Å². The summed E-state index contributed by atoms with van der Waals surface area (Å²) >= 11 is 5.85. The van der Waals surface area contributed by atoms with Crippen molar-refractivity contribution < 1.29 is 13.2 Å². The number of hydrogen-bond donors (Lipinski definition) is 2. The lowest BCUT2D eigenvalue weighted by Crippen LogP contribution is -2.40. The summed E-state index contributed by atoms with van der Waals surface area (Å²) in [7, 11) is -3.75. The Hall–Kier alpha value is -2.05. The van der Waals surface area contributed by atoms with Gasteiger partial charge in [0.15, 0.2) is 0 Å². The third kappa shape index (κ3) is 4.97. The van der Waals surface area contributed by atoms with Crippen molar-refractivity contribution in [3.8, 4) is 0 Å². The van der Waals surface area contributed by atoms with E-state index in [1.165, 1.54) is 30.3 Å². The summed E-state index contributed by atoms with van der Waals surface area (Å²) < 4.78 is 27.2. The van der Waals surface area contributed by atoms with E-state index in [1.54, 1.807) is 18.2 Å². The molecule has 0 aliphatic heterocycles. The molecule has 7 heteroatoms. The molecule has 0 saturated carbocycles. The fourth-order valence-corrected chi connectivity index (χ4v) is 3.20. The Balaban J connectivity index is 2.19. The smallest absolute Gasteiger partial charge is 0.261 e. The molecule has 0 atom stereocenters. The van der Waals surface area contributed by atoms with Crippen LogP contribution >= 0.6 is 11.6 Å². The van der Waals surface area contributed by atoms with Gasteiger partial charge in [0, 0.05) is 16.1 Å². The molecule has 0 heterocycles. The van der Waals surface area contributed by atoms with Crippen LogP contribution in [-0.2, 0) is 10.0 Å². The van der Waals surface area contributed by atoms with Crippen molar-refractivity contribution in [1.82, 2.24) is 5.32 Å². The lowest BCUT2D eigenvalue weighted by Gasteiger charge is -2.20. The van der Waals surface area contributed by atoms with Gasteiger partial charge in [0.1, 0.15) is 0 Å². The largest absolute Gasteiger partial charge is 0.347 e. The highest BCUT2D eigenvalue weighted by Gasteiger charge is 2.18. The van der Waals surface area contributed by atoms with Crippen molar-refractivity contribution in [2.75, 3.05) is 4.72 Å². The van der Waals surface area contributed by atoms with Crippen molar-refractivity contribution in [1.29, 1.82) is 0 Å². The molecule has 0 spiro atoms. The molecule has 24 heavy (non-hydrogen) atoms. The molecular weight excluding hydrogens is 348 g/mol. The molecule has 2 rings (SSSR count). The van der Waals surface area contributed by atoms with Gasteiger partial charge in [-0.15, -0.1) is 0 Å². The van der Waals surface area contributed by atoms with Gasteiger partial charge in [0.05, 0.1) is 10.6 Å². The molecule has 0 aliphatic rings. The Morgan fingerprint density at radius 2 is 1.67 bits per heavy atom. The second-order valence-electron chi connectivity index (χ2n) is 6.34. The van der Waals surface area contributed by atoms with E-state index in [4.69, 9.17) is 11.6 Å². The van der Waals surface area contributed by atoms with Gasteiger partial charge in [0.2, 0.25) is 0 Å². The number of carbonyl (C=O) groups is 1. The van der Waals surface area contributed by atoms with Crippen LogP contribution in [0.2, 0.25) is 5.02 Å². The van der Waals surface area contributed by atoms with Crippen molar-refractivity contribution in [2.45, 2.75) is 31.2 Å². The van der Waals surface area contributed by atoms with E-state index < -0.39 is 10.0 Å². The summed E-state index contributed by atoms with van der Waals surface area (Å²) in [6.45, 7) is 5.62. The normalized spacial score (nSPS) is 11.8. The molecule has 0 aliphatic carbocycles. The second-order valence-corrected chi connectivity index (χ2v) is 8.46. The highest BCUT2D eigenvalue weighted by molar-refractivity contribution is 7.92. The van der Waals surface area contributed by atoms with Crippen LogP contribution in [0.1, 0.15) is 31.1 Å². The van der Waals surface area contributed by atoms with Crippen LogP contribution in [0, 0.1) is 0 Å². The second kappa shape index (κ2) is 6.83. The number of nitrogens with one attached hydrogen (secondary N) is 2. The van der Waals surface area contributed by atoms with Gasteiger partial charge in [-0.05, 0) is 63.2 Å². The fraction of sp³-hybridized carbons (Fsp3) is 0.235. The van der Waals surface area contributed by atoms with Gasteiger partial charge < -0.3 is 5.32 Å². The minimum Gasteiger partial charge on any atom is -0.347 e. The average molecular weight is 367 g/mol. The zero-order chi connectivity index (χ0) is 18.0. The molecule has 2 aromatic carbocycles. The molecular formula is C17H19ClN2O3S. The summed E-state index contributed by atoms with van der Waals surface area (Å²) in [4.78, 5) is 12.1. The minimum absolute atomic E-state index is 0.0646. The van der Waals surface area contributed by atoms with Crippen molar-refractivity contribution in [3.63, 3.8) is 0 Å². The van der Waals surface area contributed by atoms with Gasteiger partial charge >= 0.3 is 0 Å². The van der Waals surface area contributed by atoms with E-state index in [0.29, 0.717) is 16.3 Å². The van der Waals surface area contributed by atoms with E-state index >= 15 is 0 Å². The minimum atomic E-state index is -3.75. The molecule has 0 radical (unpaired) electrons. The van der Waals surface area contributed by atoms with E-state index in [9.17, 15) is 13.2 Å². The number of rotatable bonds is 4. The third-order valence-corrected chi connectivity index (χ3v) is 4.62. The quantitative estimate of drug-likeness (QED) is 0.866. The average Bonchev–Trinajstić information content (AvgIpc) is 2.45. The standard InChI is InChI=1S/C17H19ClN2O3S/c1-17(2,3)19-16(21)12-7-9-15(10-8-12)24(22,23)20-14-6-4-5-13(18)11-14/h4-11,20H,1-3H3,(H,19,21). The first kappa shape index (κ1) is 18.3. The van der Waals surface area contributed by atoms with E-state index in [0.717, 1.165) is 0 Å². The Morgan fingerprint density at radius 1 is 1.04 bits per heavy atom. The van der Waals surface area contributed by atoms with Crippen molar-refractivity contribution in [2.24, 2.45) is 0 Å².